The molecule has 20 heavy (non-hydrogen) atoms. The molecule has 5 heteroatoms. The van der Waals surface area contributed by atoms with E-state index < -0.39 is 0 Å². The SMILES string of the molecule is O=C1CCC(C(=O)NC2CCSc3ccccc32)CN1. The summed E-state index contributed by atoms with van der Waals surface area (Å²) >= 11 is 1.85. The first-order chi connectivity index (χ1) is 9.74. The summed E-state index contributed by atoms with van der Waals surface area (Å²) in [5, 5.41) is 5.92. The summed E-state index contributed by atoms with van der Waals surface area (Å²) < 4.78 is 0. The van der Waals surface area contributed by atoms with Crippen LogP contribution in [0.25, 0.3) is 0 Å². The lowest BCUT2D eigenvalue weighted by atomic mass is 9.96. The fraction of sp³-hybridized carbons (Fsp3) is 0.467. The lowest BCUT2D eigenvalue weighted by Gasteiger charge is -2.29. The minimum atomic E-state index is -0.0885. The number of piperidine rings is 1. The molecule has 1 saturated heterocycles. The Labute approximate surface area is 122 Å². The van der Waals surface area contributed by atoms with Crippen LogP contribution < -0.4 is 10.6 Å². The number of carbonyl (C=O) groups is 2. The molecular formula is C15H18N2O2S. The summed E-state index contributed by atoms with van der Waals surface area (Å²) in [5.74, 6) is 1.06. The number of thioether (sulfide) groups is 1. The first-order valence-corrected chi connectivity index (χ1v) is 8.01. The van der Waals surface area contributed by atoms with Gasteiger partial charge in [0.1, 0.15) is 0 Å². The van der Waals surface area contributed by atoms with Crippen molar-refractivity contribution in [2.45, 2.75) is 30.2 Å². The largest absolute Gasteiger partial charge is 0.355 e. The maximum absolute atomic E-state index is 12.3. The third kappa shape index (κ3) is 2.82. The third-order valence-electron chi connectivity index (χ3n) is 3.91. The molecule has 2 atom stereocenters. The second-order valence-electron chi connectivity index (χ2n) is 5.28. The number of hydrogen-bond donors (Lipinski definition) is 2. The smallest absolute Gasteiger partial charge is 0.225 e. The van der Waals surface area contributed by atoms with E-state index in [0.29, 0.717) is 19.4 Å². The van der Waals surface area contributed by atoms with Gasteiger partial charge in [0, 0.05) is 23.6 Å². The Balaban J connectivity index is 1.66. The second kappa shape index (κ2) is 5.87. The van der Waals surface area contributed by atoms with Gasteiger partial charge in [-0.1, -0.05) is 18.2 Å². The van der Waals surface area contributed by atoms with Gasteiger partial charge in [0.25, 0.3) is 0 Å². The van der Waals surface area contributed by atoms with E-state index in [-0.39, 0.29) is 23.8 Å². The van der Waals surface area contributed by atoms with Gasteiger partial charge in [-0.3, -0.25) is 9.59 Å². The van der Waals surface area contributed by atoms with Crippen molar-refractivity contribution in [1.29, 1.82) is 0 Å². The number of rotatable bonds is 2. The van der Waals surface area contributed by atoms with Crippen molar-refractivity contribution < 1.29 is 9.59 Å². The molecule has 1 fully saturated rings. The van der Waals surface area contributed by atoms with Crippen molar-refractivity contribution in [3.8, 4) is 0 Å². The average molecular weight is 290 g/mol. The van der Waals surface area contributed by atoms with E-state index in [1.165, 1.54) is 10.5 Å². The zero-order valence-corrected chi connectivity index (χ0v) is 12.0. The van der Waals surface area contributed by atoms with Crippen molar-refractivity contribution in [1.82, 2.24) is 10.6 Å². The van der Waals surface area contributed by atoms with E-state index in [4.69, 9.17) is 0 Å². The predicted octanol–water partition coefficient (Wildman–Crippen LogP) is 1.87. The Morgan fingerprint density at radius 3 is 2.95 bits per heavy atom. The molecule has 1 aromatic rings. The summed E-state index contributed by atoms with van der Waals surface area (Å²) in [5.41, 5.74) is 1.22. The van der Waals surface area contributed by atoms with Crippen LogP contribution in [0.1, 0.15) is 30.9 Å². The van der Waals surface area contributed by atoms with Crippen molar-refractivity contribution in [3.05, 3.63) is 29.8 Å². The highest BCUT2D eigenvalue weighted by Gasteiger charge is 2.28. The van der Waals surface area contributed by atoms with Gasteiger partial charge in [-0.05, 0) is 24.5 Å². The molecule has 0 spiro atoms. The van der Waals surface area contributed by atoms with Gasteiger partial charge >= 0.3 is 0 Å². The van der Waals surface area contributed by atoms with E-state index in [1.807, 2.05) is 23.9 Å². The number of carbonyl (C=O) groups excluding carboxylic acids is 2. The van der Waals surface area contributed by atoms with Gasteiger partial charge in [-0.25, -0.2) is 0 Å². The fourth-order valence-corrected chi connectivity index (χ4v) is 3.86. The molecule has 0 saturated carbocycles. The fourth-order valence-electron chi connectivity index (χ4n) is 2.74. The lowest BCUT2D eigenvalue weighted by molar-refractivity contribution is -0.129. The van der Waals surface area contributed by atoms with Gasteiger partial charge in [0.2, 0.25) is 11.8 Å². The second-order valence-corrected chi connectivity index (χ2v) is 6.41. The highest BCUT2D eigenvalue weighted by Crippen LogP contribution is 2.36. The van der Waals surface area contributed by atoms with Crippen LogP contribution in [0, 0.1) is 5.92 Å². The predicted molar refractivity (Wildman–Crippen MR) is 78.4 cm³/mol. The van der Waals surface area contributed by atoms with E-state index in [1.54, 1.807) is 0 Å². The molecule has 0 aromatic heterocycles. The molecule has 4 nitrogen and oxygen atoms in total. The van der Waals surface area contributed by atoms with Crippen LogP contribution >= 0.6 is 11.8 Å². The van der Waals surface area contributed by atoms with Crippen molar-refractivity contribution in [3.63, 3.8) is 0 Å². The van der Waals surface area contributed by atoms with Crippen LogP contribution in [0.5, 0.6) is 0 Å². The highest BCUT2D eigenvalue weighted by molar-refractivity contribution is 7.99. The lowest BCUT2D eigenvalue weighted by Crippen LogP contribution is -2.44. The van der Waals surface area contributed by atoms with Crippen molar-refractivity contribution in [2.75, 3.05) is 12.3 Å². The monoisotopic (exact) mass is 290 g/mol. The van der Waals surface area contributed by atoms with Gasteiger partial charge in [-0.15, -0.1) is 11.8 Å². The number of benzene rings is 1. The molecule has 0 aliphatic carbocycles. The Morgan fingerprint density at radius 2 is 2.15 bits per heavy atom. The average Bonchev–Trinajstić information content (AvgIpc) is 2.48. The minimum Gasteiger partial charge on any atom is -0.355 e. The van der Waals surface area contributed by atoms with Gasteiger partial charge in [0.05, 0.1) is 12.0 Å². The molecule has 2 unspecified atom stereocenters. The van der Waals surface area contributed by atoms with Gasteiger partial charge < -0.3 is 10.6 Å². The van der Waals surface area contributed by atoms with Crippen molar-refractivity contribution >= 4 is 23.6 Å². The van der Waals surface area contributed by atoms with Gasteiger partial charge in [-0.2, -0.15) is 0 Å². The molecule has 106 valence electrons. The number of nitrogens with one attached hydrogen (secondary N) is 2. The summed E-state index contributed by atoms with van der Waals surface area (Å²) in [6.45, 7) is 0.466. The van der Waals surface area contributed by atoms with E-state index in [2.05, 4.69) is 22.8 Å². The molecule has 2 N–H and O–H groups in total. The van der Waals surface area contributed by atoms with Crippen LogP contribution in [-0.4, -0.2) is 24.1 Å². The third-order valence-corrected chi connectivity index (χ3v) is 5.03. The summed E-state index contributed by atoms with van der Waals surface area (Å²) in [7, 11) is 0. The first kappa shape index (κ1) is 13.5. The molecule has 2 aliphatic rings. The molecule has 2 aliphatic heterocycles. The van der Waals surface area contributed by atoms with Gasteiger partial charge in [0.15, 0.2) is 0 Å². The zero-order chi connectivity index (χ0) is 13.9. The molecule has 2 amide bonds. The molecule has 0 radical (unpaired) electrons. The Bertz CT molecular complexity index is 522. The van der Waals surface area contributed by atoms with Crippen LogP contribution in [0.3, 0.4) is 0 Å². The summed E-state index contributed by atoms with van der Waals surface area (Å²) in [4.78, 5) is 24.7. The summed E-state index contributed by atoms with van der Waals surface area (Å²) in [6.07, 6.45) is 2.07. The van der Waals surface area contributed by atoms with Crippen LogP contribution in [-0.2, 0) is 9.59 Å². The Kier molecular flexibility index (Phi) is 3.96. The number of amides is 2. The van der Waals surface area contributed by atoms with Crippen LogP contribution in [0.15, 0.2) is 29.2 Å². The molecular weight excluding hydrogens is 272 g/mol. The maximum atomic E-state index is 12.3. The molecule has 2 heterocycles. The van der Waals surface area contributed by atoms with Crippen LogP contribution in [0.4, 0.5) is 0 Å². The number of fused-ring (bicyclic) bond motifs is 1. The zero-order valence-electron chi connectivity index (χ0n) is 11.2. The number of hydrogen-bond acceptors (Lipinski definition) is 3. The van der Waals surface area contributed by atoms with E-state index in [9.17, 15) is 9.59 Å². The van der Waals surface area contributed by atoms with Crippen LogP contribution in [0.2, 0.25) is 0 Å². The molecule has 3 rings (SSSR count). The topological polar surface area (TPSA) is 58.2 Å². The maximum Gasteiger partial charge on any atom is 0.225 e. The Morgan fingerprint density at radius 1 is 1.30 bits per heavy atom. The Hall–Kier alpha value is -1.49. The first-order valence-electron chi connectivity index (χ1n) is 7.03. The van der Waals surface area contributed by atoms with E-state index >= 15 is 0 Å². The normalized spacial score (nSPS) is 25.5. The minimum absolute atomic E-state index is 0.0495. The molecule has 0 bridgehead atoms. The van der Waals surface area contributed by atoms with Crippen molar-refractivity contribution in [2.24, 2.45) is 5.92 Å². The molecule has 1 aromatic carbocycles. The highest BCUT2D eigenvalue weighted by atomic mass is 32.2. The standard InChI is InChI=1S/C15H18N2O2S/c18-14-6-5-10(9-16-14)15(19)17-12-7-8-20-13-4-2-1-3-11(12)13/h1-4,10,12H,5-9H2,(H,16,18)(H,17,19). The van der Waals surface area contributed by atoms with E-state index in [0.717, 1.165) is 12.2 Å². The summed E-state index contributed by atoms with van der Waals surface area (Å²) in [6, 6.07) is 8.36. The quantitative estimate of drug-likeness (QED) is 0.874.